The van der Waals surface area contributed by atoms with E-state index in [1.54, 1.807) is 0 Å². The average molecular weight is 247 g/mol. The molecule has 1 fully saturated rings. The summed E-state index contributed by atoms with van der Waals surface area (Å²) in [6.07, 6.45) is 0.807. The second kappa shape index (κ2) is 5.08. The van der Waals surface area contributed by atoms with Crippen LogP contribution in [0.4, 0.5) is 5.69 Å². The van der Waals surface area contributed by atoms with Crippen LogP contribution in [-0.2, 0) is 11.2 Å². The molecule has 1 aliphatic rings. The molecule has 4 heteroatoms. The molecule has 2 rings (SSSR count). The minimum absolute atomic E-state index is 0.130. The van der Waals surface area contributed by atoms with Gasteiger partial charge in [0.2, 0.25) is 5.91 Å². The molecule has 0 aromatic heterocycles. The van der Waals surface area contributed by atoms with Crippen molar-refractivity contribution < 1.29 is 4.79 Å². The number of carbonyl (C=O) groups is 1. The zero-order chi connectivity index (χ0) is 13.2. The first-order valence-electron chi connectivity index (χ1n) is 6.35. The van der Waals surface area contributed by atoms with E-state index in [2.05, 4.69) is 17.4 Å². The van der Waals surface area contributed by atoms with Crippen molar-refractivity contribution >= 4 is 11.6 Å². The van der Waals surface area contributed by atoms with E-state index >= 15 is 0 Å². The van der Waals surface area contributed by atoms with Gasteiger partial charge in [-0.1, -0.05) is 12.1 Å². The van der Waals surface area contributed by atoms with Gasteiger partial charge in [-0.05, 0) is 38.0 Å². The molecule has 0 spiro atoms. The van der Waals surface area contributed by atoms with Gasteiger partial charge in [-0.25, -0.2) is 0 Å². The first-order valence-corrected chi connectivity index (χ1v) is 6.35. The van der Waals surface area contributed by atoms with Gasteiger partial charge in [0.1, 0.15) is 0 Å². The van der Waals surface area contributed by atoms with Crippen LogP contribution in [0.1, 0.15) is 19.4 Å². The molecule has 4 nitrogen and oxygen atoms in total. The Morgan fingerprint density at radius 3 is 2.89 bits per heavy atom. The molecule has 0 saturated carbocycles. The Balaban J connectivity index is 2.18. The molecular formula is C14H21N3O. The normalized spacial score (nSPS) is 17.1. The Morgan fingerprint density at radius 2 is 2.22 bits per heavy atom. The van der Waals surface area contributed by atoms with Crippen molar-refractivity contribution in [1.29, 1.82) is 0 Å². The van der Waals surface area contributed by atoms with Gasteiger partial charge < -0.3 is 16.0 Å². The van der Waals surface area contributed by atoms with Gasteiger partial charge in [-0.2, -0.15) is 0 Å². The van der Waals surface area contributed by atoms with E-state index < -0.39 is 0 Å². The number of nitrogens with two attached hydrogens (primary N) is 1. The van der Waals surface area contributed by atoms with Crippen LogP contribution in [0.2, 0.25) is 0 Å². The van der Waals surface area contributed by atoms with Crippen molar-refractivity contribution in [2.24, 2.45) is 5.73 Å². The number of hydrogen-bond donors (Lipinski definition) is 2. The maximum Gasteiger partial charge on any atom is 0.240 e. The fourth-order valence-corrected chi connectivity index (χ4v) is 2.24. The van der Waals surface area contributed by atoms with Crippen molar-refractivity contribution in [1.82, 2.24) is 5.32 Å². The number of carbonyl (C=O) groups excluding carboxylic acids is 1. The smallest absolute Gasteiger partial charge is 0.240 e. The number of piperazine rings is 1. The van der Waals surface area contributed by atoms with Gasteiger partial charge in [0.15, 0.2) is 0 Å². The summed E-state index contributed by atoms with van der Waals surface area (Å²) < 4.78 is 0. The van der Waals surface area contributed by atoms with Gasteiger partial charge in [0.05, 0.1) is 6.54 Å². The summed E-state index contributed by atoms with van der Waals surface area (Å²) in [5, 5.41) is 3.08. The number of benzene rings is 1. The summed E-state index contributed by atoms with van der Waals surface area (Å²) in [7, 11) is 0. The molecule has 1 aromatic rings. The Bertz CT molecular complexity index is 437. The largest absolute Gasteiger partial charge is 0.325 e. The SMILES string of the molecule is CC(C)(N)Cc1cccc(N2CCNCC2=O)c1. The van der Waals surface area contributed by atoms with E-state index in [1.165, 1.54) is 5.56 Å². The van der Waals surface area contributed by atoms with Crippen molar-refractivity contribution in [2.45, 2.75) is 25.8 Å². The van der Waals surface area contributed by atoms with Crippen LogP contribution in [0.3, 0.4) is 0 Å². The Morgan fingerprint density at radius 1 is 1.44 bits per heavy atom. The van der Waals surface area contributed by atoms with Crippen molar-refractivity contribution in [2.75, 3.05) is 24.5 Å². The minimum Gasteiger partial charge on any atom is -0.325 e. The van der Waals surface area contributed by atoms with Gasteiger partial charge in [-0.15, -0.1) is 0 Å². The van der Waals surface area contributed by atoms with Gasteiger partial charge >= 0.3 is 0 Å². The molecule has 0 bridgehead atoms. The summed E-state index contributed by atoms with van der Waals surface area (Å²) in [6.45, 7) is 6.02. The lowest BCUT2D eigenvalue weighted by atomic mass is 9.96. The maximum atomic E-state index is 11.8. The summed E-state index contributed by atoms with van der Waals surface area (Å²) in [6, 6.07) is 8.10. The number of nitrogens with zero attached hydrogens (tertiary/aromatic N) is 1. The van der Waals surface area contributed by atoms with Gasteiger partial charge in [0, 0.05) is 24.3 Å². The molecular weight excluding hydrogens is 226 g/mol. The van der Waals surface area contributed by atoms with Crippen LogP contribution in [-0.4, -0.2) is 31.1 Å². The zero-order valence-electron chi connectivity index (χ0n) is 11.1. The van der Waals surface area contributed by atoms with E-state index in [1.807, 2.05) is 30.9 Å². The summed E-state index contributed by atoms with van der Waals surface area (Å²) in [5.41, 5.74) is 7.95. The lowest BCUT2D eigenvalue weighted by Gasteiger charge is -2.28. The monoisotopic (exact) mass is 247 g/mol. The maximum absolute atomic E-state index is 11.8. The molecule has 0 radical (unpaired) electrons. The highest BCUT2D eigenvalue weighted by Gasteiger charge is 2.20. The lowest BCUT2D eigenvalue weighted by Crippen LogP contribution is -2.48. The van der Waals surface area contributed by atoms with E-state index in [0.29, 0.717) is 6.54 Å². The van der Waals surface area contributed by atoms with E-state index in [9.17, 15) is 4.79 Å². The van der Waals surface area contributed by atoms with Crippen LogP contribution in [0, 0.1) is 0 Å². The number of rotatable bonds is 3. The number of anilines is 1. The Kier molecular flexibility index (Phi) is 3.68. The molecule has 0 aliphatic carbocycles. The fourth-order valence-electron chi connectivity index (χ4n) is 2.24. The highest BCUT2D eigenvalue weighted by atomic mass is 16.2. The molecule has 3 N–H and O–H groups in total. The second-order valence-corrected chi connectivity index (χ2v) is 5.56. The standard InChI is InChI=1S/C14H21N3O/c1-14(2,15)9-11-4-3-5-12(8-11)17-7-6-16-10-13(17)18/h3-5,8,16H,6-7,9-10,15H2,1-2H3. The van der Waals surface area contributed by atoms with Crippen LogP contribution in [0.5, 0.6) is 0 Å². The van der Waals surface area contributed by atoms with E-state index in [4.69, 9.17) is 5.73 Å². The second-order valence-electron chi connectivity index (χ2n) is 5.56. The predicted molar refractivity (Wildman–Crippen MR) is 73.6 cm³/mol. The lowest BCUT2D eigenvalue weighted by molar-refractivity contribution is -0.118. The Labute approximate surface area is 108 Å². The van der Waals surface area contributed by atoms with E-state index in [0.717, 1.165) is 25.2 Å². The topological polar surface area (TPSA) is 58.4 Å². The first-order chi connectivity index (χ1) is 8.46. The molecule has 0 unspecified atom stereocenters. The molecule has 0 atom stereocenters. The van der Waals surface area contributed by atoms with Crippen LogP contribution in [0.25, 0.3) is 0 Å². The molecule has 1 saturated heterocycles. The summed E-state index contributed by atoms with van der Waals surface area (Å²) >= 11 is 0. The fraction of sp³-hybridized carbons (Fsp3) is 0.500. The molecule has 1 heterocycles. The zero-order valence-corrected chi connectivity index (χ0v) is 11.1. The van der Waals surface area contributed by atoms with Crippen molar-refractivity contribution in [3.63, 3.8) is 0 Å². The van der Waals surface area contributed by atoms with Crippen LogP contribution < -0.4 is 16.0 Å². The molecule has 1 amide bonds. The van der Waals surface area contributed by atoms with E-state index in [-0.39, 0.29) is 11.4 Å². The highest BCUT2D eigenvalue weighted by molar-refractivity contribution is 5.95. The molecule has 98 valence electrons. The van der Waals surface area contributed by atoms with Crippen molar-refractivity contribution in [3.05, 3.63) is 29.8 Å². The highest BCUT2D eigenvalue weighted by Crippen LogP contribution is 2.19. The third-order valence-electron chi connectivity index (χ3n) is 2.97. The van der Waals surface area contributed by atoms with Gasteiger partial charge in [0.25, 0.3) is 0 Å². The van der Waals surface area contributed by atoms with Gasteiger partial charge in [-0.3, -0.25) is 4.79 Å². The minimum atomic E-state index is -0.230. The molecule has 1 aliphatic heterocycles. The third-order valence-corrected chi connectivity index (χ3v) is 2.97. The van der Waals surface area contributed by atoms with Crippen LogP contribution >= 0.6 is 0 Å². The van der Waals surface area contributed by atoms with Crippen molar-refractivity contribution in [3.8, 4) is 0 Å². The molecule has 18 heavy (non-hydrogen) atoms. The number of nitrogens with one attached hydrogen (secondary N) is 1. The van der Waals surface area contributed by atoms with Crippen LogP contribution in [0.15, 0.2) is 24.3 Å². The third kappa shape index (κ3) is 3.31. The number of amides is 1. The molecule has 1 aromatic carbocycles. The Hall–Kier alpha value is -1.39. The number of hydrogen-bond acceptors (Lipinski definition) is 3. The summed E-state index contributed by atoms with van der Waals surface area (Å²) in [4.78, 5) is 13.7. The predicted octanol–water partition coefficient (Wildman–Crippen LogP) is 0.903. The average Bonchev–Trinajstić information content (AvgIpc) is 2.27. The quantitative estimate of drug-likeness (QED) is 0.834. The summed E-state index contributed by atoms with van der Waals surface area (Å²) in [5.74, 6) is 0.130. The first kappa shape index (κ1) is 13.1.